The van der Waals surface area contributed by atoms with Gasteiger partial charge < -0.3 is 28.8 Å². The van der Waals surface area contributed by atoms with E-state index in [2.05, 4.69) is 38.7 Å². The lowest BCUT2D eigenvalue weighted by atomic mass is 9.96. The van der Waals surface area contributed by atoms with Gasteiger partial charge in [0, 0.05) is 68.3 Å². The standard InChI is InChI=1S/C29H28N4O4/c1-15(34)31(2)21-14-32-19-11-7-5-9-16(19)23-24-18(13-30-28(24)35)22-17-10-6-8-12-20(17)33(26(22)25(23)32)29(37-4)27(21)36-3/h5-12,21,27,29H,13-14H2,1-4H3,(H,30,35). The molecule has 2 aliphatic rings. The van der Waals surface area contributed by atoms with Crippen molar-refractivity contribution in [2.75, 3.05) is 21.3 Å². The van der Waals surface area contributed by atoms with Crippen LogP contribution in [0.25, 0.3) is 43.6 Å². The number of nitrogens with zero attached hydrogens (tertiary/aromatic N) is 3. The molecule has 37 heavy (non-hydrogen) atoms. The summed E-state index contributed by atoms with van der Waals surface area (Å²) in [6.45, 7) is 2.55. The molecule has 0 saturated heterocycles. The van der Waals surface area contributed by atoms with Gasteiger partial charge in [-0.1, -0.05) is 36.4 Å². The Morgan fingerprint density at radius 2 is 1.65 bits per heavy atom. The summed E-state index contributed by atoms with van der Waals surface area (Å²) in [5.41, 5.74) is 5.81. The third-order valence-corrected chi connectivity index (χ3v) is 8.40. The number of aromatic nitrogens is 2. The van der Waals surface area contributed by atoms with Gasteiger partial charge in [-0.3, -0.25) is 9.59 Å². The topological polar surface area (TPSA) is 77.7 Å². The SMILES string of the molecule is COC1C(N(C)C(C)=O)Cn2c3ccccc3c3c4c(c5c6ccccc6n(c5c32)C1OC)CNC4=O. The molecule has 8 heteroatoms. The van der Waals surface area contributed by atoms with Gasteiger partial charge in [-0.05, 0) is 17.7 Å². The Balaban J connectivity index is 1.78. The second kappa shape index (κ2) is 7.81. The first-order valence-electron chi connectivity index (χ1n) is 12.5. The lowest BCUT2D eigenvalue weighted by Crippen LogP contribution is -2.51. The second-order valence-corrected chi connectivity index (χ2v) is 10.0. The van der Waals surface area contributed by atoms with E-state index in [4.69, 9.17) is 9.47 Å². The molecule has 2 aromatic heterocycles. The summed E-state index contributed by atoms with van der Waals surface area (Å²) in [6, 6.07) is 16.1. The normalized spacial score (nSPS) is 21.1. The number of fused-ring (bicyclic) bond motifs is 9. The summed E-state index contributed by atoms with van der Waals surface area (Å²) in [5.74, 6) is -0.0968. The van der Waals surface area contributed by atoms with Crippen molar-refractivity contribution in [2.24, 2.45) is 0 Å². The number of methoxy groups -OCH3 is 2. The minimum atomic E-state index is -0.503. The van der Waals surface area contributed by atoms with Gasteiger partial charge in [0.15, 0.2) is 6.23 Å². The minimum absolute atomic E-state index is 0.0471. The quantitative estimate of drug-likeness (QED) is 0.407. The molecule has 0 radical (unpaired) electrons. The van der Waals surface area contributed by atoms with E-state index < -0.39 is 12.3 Å². The zero-order chi connectivity index (χ0) is 25.6. The molecule has 0 saturated carbocycles. The lowest BCUT2D eigenvalue weighted by Gasteiger charge is -2.39. The first-order chi connectivity index (χ1) is 18.0. The third kappa shape index (κ3) is 2.74. The molecular weight excluding hydrogens is 468 g/mol. The zero-order valence-corrected chi connectivity index (χ0v) is 21.2. The predicted octanol–water partition coefficient (Wildman–Crippen LogP) is 4.17. The fourth-order valence-corrected chi connectivity index (χ4v) is 6.74. The number of ether oxygens (including phenoxy) is 2. The molecule has 0 spiro atoms. The van der Waals surface area contributed by atoms with Gasteiger partial charge >= 0.3 is 0 Å². The van der Waals surface area contributed by atoms with Crippen LogP contribution in [0.3, 0.4) is 0 Å². The Hall–Kier alpha value is -3.88. The van der Waals surface area contributed by atoms with Crippen LogP contribution in [0.4, 0.5) is 0 Å². The van der Waals surface area contributed by atoms with Crippen LogP contribution in [0.1, 0.15) is 29.1 Å². The number of carbonyl (C=O) groups is 2. The number of rotatable bonds is 3. The average molecular weight is 497 g/mol. The average Bonchev–Trinajstić information content (AvgIpc) is 3.54. The maximum atomic E-state index is 13.3. The number of hydrogen-bond acceptors (Lipinski definition) is 4. The van der Waals surface area contributed by atoms with E-state index in [9.17, 15) is 9.59 Å². The van der Waals surface area contributed by atoms with Gasteiger partial charge in [-0.2, -0.15) is 0 Å². The van der Waals surface area contributed by atoms with Crippen molar-refractivity contribution < 1.29 is 19.1 Å². The van der Waals surface area contributed by atoms with E-state index >= 15 is 0 Å². The molecule has 8 nitrogen and oxygen atoms in total. The van der Waals surface area contributed by atoms with E-state index in [1.807, 2.05) is 31.3 Å². The Labute approximate surface area is 213 Å². The largest absolute Gasteiger partial charge is 0.375 e. The summed E-state index contributed by atoms with van der Waals surface area (Å²) >= 11 is 0. The van der Waals surface area contributed by atoms with Crippen LogP contribution in [-0.2, 0) is 27.4 Å². The Kier molecular flexibility index (Phi) is 4.71. The number of likely N-dealkylation sites (N-methyl/N-ethyl adjacent to an activating group) is 1. The van der Waals surface area contributed by atoms with Crippen molar-refractivity contribution in [3.8, 4) is 0 Å². The van der Waals surface area contributed by atoms with Crippen LogP contribution < -0.4 is 5.32 Å². The zero-order valence-electron chi connectivity index (χ0n) is 21.2. The van der Waals surface area contributed by atoms with E-state index in [1.54, 1.807) is 26.0 Å². The smallest absolute Gasteiger partial charge is 0.252 e. The summed E-state index contributed by atoms with van der Waals surface area (Å²) in [7, 11) is 5.18. The Bertz CT molecular complexity index is 1780. The molecular formula is C29H28N4O4. The number of hydrogen-bond donors (Lipinski definition) is 1. The number of nitrogens with one attached hydrogen (secondary N) is 1. The molecule has 0 bridgehead atoms. The molecule has 3 atom stereocenters. The van der Waals surface area contributed by atoms with Crippen molar-refractivity contribution in [3.63, 3.8) is 0 Å². The predicted molar refractivity (Wildman–Crippen MR) is 143 cm³/mol. The fraction of sp³-hybridized carbons (Fsp3) is 0.310. The molecule has 1 N–H and O–H groups in total. The van der Waals surface area contributed by atoms with Gasteiger partial charge in [0.25, 0.3) is 5.91 Å². The van der Waals surface area contributed by atoms with Crippen LogP contribution in [0.15, 0.2) is 48.5 Å². The van der Waals surface area contributed by atoms with E-state index in [0.29, 0.717) is 13.1 Å². The van der Waals surface area contributed by atoms with Crippen molar-refractivity contribution in [3.05, 3.63) is 59.7 Å². The third-order valence-electron chi connectivity index (χ3n) is 8.40. The molecule has 5 aromatic rings. The second-order valence-electron chi connectivity index (χ2n) is 10.0. The number of carbonyl (C=O) groups excluding carboxylic acids is 2. The number of benzene rings is 3. The monoisotopic (exact) mass is 496 g/mol. The van der Waals surface area contributed by atoms with Crippen LogP contribution in [-0.4, -0.2) is 59.3 Å². The van der Waals surface area contributed by atoms with Crippen LogP contribution in [0, 0.1) is 0 Å². The van der Waals surface area contributed by atoms with Crippen molar-refractivity contribution in [2.45, 2.75) is 38.4 Å². The van der Waals surface area contributed by atoms with E-state index in [-0.39, 0.29) is 17.9 Å². The van der Waals surface area contributed by atoms with Crippen molar-refractivity contribution in [1.82, 2.24) is 19.4 Å². The maximum absolute atomic E-state index is 13.3. The molecule has 7 rings (SSSR count). The highest BCUT2D eigenvalue weighted by Crippen LogP contribution is 2.47. The molecule has 0 aliphatic carbocycles. The first kappa shape index (κ1) is 22.3. The lowest BCUT2D eigenvalue weighted by molar-refractivity contribution is -0.142. The summed E-state index contributed by atoms with van der Waals surface area (Å²) in [6.07, 6.45) is -0.951. The van der Waals surface area contributed by atoms with Crippen LogP contribution in [0.2, 0.25) is 0 Å². The highest BCUT2D eigenvalue weighted by atomic mass is 16.5. The summed E-state index contributed by atoms with van der Waals surface area (Å²) in [4.78, 5) is 27.8. The van der Waals surface area contributed by atoms with Gasteiger partial charge in [-0.15, -0.1) is 0 Å². The van der Waals surface area contributed by atoms with E-state index in [1.165, 1.54) is 0 Å². The van der Waals surface area contributed by atoms with Crippen molar-refractivity contribution in [1.29, 1.82) is 0 Å². The molecule has 0 fully saturated rings. The van der Waals surface area contributed by atoms with Gasteiger partial charge in [0.05, 0.1) is 28.2 Å². The van der Waals surface area contributed by atoms with Gasteiger partial charge in [0.1, 0.15) is 6.10 Å². The molecule has 2 amide bonds. The first-order valence-corrected chi connectivity index (χ1v) is 12.5. The van der Waals surface area contributed by atoms with Crippen LogP contribution in [0.5, 0.6) is 0 Å². The highest BCUT2D eigenvalue weighted by Gasteiger charge is 2.41. The number of amides is 2. The highest BCUT2D eigenvalue weighted by molar-refractivity contribution is 6.30. The minimum Gasteiger partial charge on any atom is -0.375 e. The van der Waals surface area contributed by atoms with E-state index in [0.717, 1.165) is 54.7 Å². The Morgan fingerprint density at radius 1 is 0.973 bits per heavy atom. The number of para-hydroxylation sites is 2. The Morgan fingerprint density at radius 3 is 2.32 bits per heavy atom. The fourth-order valence-electron chi connectivity index (χ4n) is 6.74. The maximum Gasteiger partial charge on any atom is 0.252 e. The molecule has 3 unspecified atom stereocenters. The summed E-state index contributed by atoms with van der Waals surface area (Å²) in [5, 5.41) is 7.20. The van der Waals surface area contributed by atoms with Crippen molar-refractivity contribution >= 4 is 55.4 Å². The molecule has 4 heterocycles. The molecule has 188 valence electrons. The van der Waals surface area contributed by atoms with Gasteiger partial charge in [-0.25, -0.2) is 0 Å². The molecule has 2 aliphatic heterocycles. The van der Waals surface area contributed by atoms with Crippen LogP contribution >= 0.6 is 0 Å². The van der Waals surface area contributed by atoms with Gasteiger partial charge in [0.2, 0.25) is 5.91 Å². The summed E-state index contributed by atoms with van der Waals surface area (Å²) < 4.78 is 16.9. The molecule has 3 aromatic carbocycles.